The number of halogens is 1. The lowest BCUT2D eigenvalue weighted by molar-refractivity contribution is -0.146. The van der Waals surface area contributed by atoms with Crippen LogP contribution in [-0.2, 0) is 16.0 Å². The number of nitrogens with zero attached hydrogens (tertiary/aromatic N) is 1. The van der Waals surface area contributed by atoms with Gasteiger partial charge in [0.05, 0.1) is 18.6 Å². The van der Waals surface area contributed by atoms with Gasteiger partial charge in [0.1, 0.15) is 0 Å². The minimum absolute atomic E-state index is 0.508. The van der Waals surface area contributed by atoms with Gasteiger partial charge in [0.15, 0.2) is 0 Å². The molecule has 0 radical (unpaired) electrons. The van der Waals surface area contributed by atoms with Gasteiger partial charge in [0.2, 0.25) is 0 Å². The molecule has 0 aromatic heterocycles. The van der Waals surface area contributed by atoms with Crippen LogP contribution in [-0.4, -0.2) is 37.4 Å². The number of carboxylic acid groups (broad SMARTS) is 1. The van der Waals surface area contributed by atoms with Gasteiger partial charge in [0, 0.05) is 23.2 Å². The smallest absolute Gasteiger partial charge is 0.309 e. The van der Waals surface area contributed by atoms with Gasteiger partial charge in [-0.1, -0.05) is 15.9 Å². The van der Waals surface area contributed by atoms with Crippen molar-refractivity contribution in [2.45, 2.75) is 20.3 Å². The Hall–Kier alpha value is -1.07. The van der Waals surface area contributed by atoms with E-state index in [1.807, 2.05) is 12.1 Å². The first kappa shape index (κ1) is 15.3. The average Bonchev–Trinajstić information content (AvgIpc) is 2.39. The maximum atomic E-state index is 11.4. The second kappa shape index (κ2) is 6.14. The Labute approximate surface area is 127 Å². The number of hydrogen-bond donors (Lipinski definition) is 1. The number of rotatable bonds is 4. The molecular formula is C15H20BrNO3. The summed E-state index contributed by atoms with van der Waals surface area (Å²) >= 11 is 3.47. The molecule has 1 N–H and O–H groups in total. The molecule has 0 saturated carbocycles. The second-order valence-electron chi connectivity index (χ2n) is 5.74. The Morgan fingerprint density at radius 2 is 2.05 bits per heavy atom. The van der Waals surface area contributed by atoms with Crippen LogP contribution in [0.4, 0.5) is 5.69 Å². The summed E-state index contributed by atoms with van der Waals surface area (Å²) in [6, 6.07) is 6.08. The van der Waals surface area contributed by atoms with Crippen molar-refractivity contribution in [3.63, 3.8) is 0 Å². The normalized spacial score (nSPS) is 16.2. The molecule has 4 nitrogen and oxygen atoms in total. The molecule has 0 amide bonds. The Morgan fingerprint density at radius 3 is 2.65 bits per heavy atom. The summed E-state index contributed by atoms with van der Waals surface area (Å²) in [4.78, 5) is 13.6. The quantitative estimate of drug-likeness (QED) is 0.914. The van der Waals surface area contributed by atoms with E-state index in [9.17, 15) is 9.90 Å². The summed E-state index contributed by atoms with van der Waals surface area (Å²) in [6.07, 6.45) is 0.508. The first-order chi connectivity index (χ1) is 9.40. The number of carbonyl (C=O) groups is 1. The predicted octanol–water partition coefficient (Wildman–Crippen LogP) is 2.94. The minimum Gasteiger partial charge on any atom is -0.481 e. The zero-order chi connectivity index (χ0) is 14.8. The Morgan fingerprint density at radius 1 is 1.40 bits per heavy atom. The van der Waals surface area contributed by atoms with Crippen LogP contribution in [0.3, 0.4) is 0 Å². The number of carboxylic acids is 1. The number of hydrogen-bond acceptors (Lipinski definition) is 3. The van der Waals surface area contributed by atoms with Crippen LogP contribution in [0.15, 0.2) is 22.7 Å². The average molecular weight is 342 g/mol. The molecule has 1 aliphatic rings. The summed E-state index contributed by atoms with van der Waals surface area (Å²) in [7, 11) is 0. The minimum atomic E-state index is -0.776. The standard InChI is InChI=1S/C15H20BrNO3/c1-15(2,14(18)19)10-11-9-12(16)3-4-13(11)17-5-7-20-8-6-17/h3-4,9H,5-8,10H2,1-2H3,(H,18,19). The van der Waals surface area contributed by atoms with Crippen LogP contribution in [0.5, 0.6) is 0 Å². The molecule has 0 unspecified atom stereocenters. The summed E-state index contributed by atoms with van der Waals surface area (Å²) in [5, 5.41) is 9.33. The highest BCUT2D eigenvalue weighted by molar-refractivity contribution is 9.10. The van der Waals surface area contributed by atoms with E-state index in [0.29, 0.717) is 6.42 Å². The highest BCUT2D eigenvalue weighted by atomic mass is 79.9. The van der Waals surface area contributed by atoms with Gasteiger partial charge >= 0.3 is 5.97 Å². The molecule has 20 heavy (non-hydrogen) atoms. The zero-order valence-corrected chi connectivity index (χ0v) is 13.4. The van der Waals surface area contributed by atoms with Gasteiger partial charge in [-0.25, -0.2) is 0 Å². The molecule has 1 saturated heterocycles. The van der Waals surface area contributed by atoms with Crippen molar-refractivity contribution in [2.75, 3.05) is 31.2 Å². The van der Waals surface area contributed by atoms with Crippen molar-refractivity contribution >= 4 is 27.6 Å². The van der Waals surface area contributed by atoms with E-state index in [-0.39, 0.29) is 0 Å². The summed E-state index contributed by atoms with van der Waals surface area (Å²) in [5.74, 6) is -0.773. The molecule has 5 heteroatoms. The van der Waals surface area contributed by atoms with Gasteiger partial charge in [-0.3, -0.25) is 4.79 Å². The Bertz CT molecular complexity index is 496. The van der Waals surface area contributed by atoms with Crippen molar-refractivity contribution in [1.29, 1.82) is 0 Å². The highest BCUT2D eigenvalue weighted by Gasteiger charge is 2.29. The molecular weight excluding hydrogens is 322 g/mol. The lowest BCUT2D eigenvalue weighted by atomic mass is 9.85. The molecule has 0 aliphatic carbocycles. The van der Waals surface area contributed by atoms with E-state index < -0.39 is 11.4 Å². The molecule has 1 heterocycles. The maximum Gasteiger partial charge on any atom is 0.309 e. The lowest BCUT2D eigenvalue weighted by Crippen LogP contribution is -2.37. The molecule has 1 fully saturated rings. The van der Waals surface area contributed by atoms with Crippen LogP contribution in [0.2, 0.25) is 0 Å². The van der Waals surface area contributed by atoms with E-state index >= 15 is 0 Å². The van der Waals surface area contributed by atoms with E-state index in [0.717, 1.165) is 42.0 Å². The second-order valence-corrected chi connectivity index (χ2v) is 6.65. The highest BCUT2D eigenvalue weighted by Crippen LogP contribution is 2.31. The lowest BCUT2D eigenvalue weighted by Gasteiger charge is -2.32. The number of benzene rings is 1. The number of anilines is 1. The SMILES string of the molecule is CC(C)(Cc1cc(Br)ccc1N1CCOCC1)C(=O)O. The summed E-state index contributed by atoms with van der Waals surface area (Å²) < 4.78 is 6.36. The number of ether oxygens (including phenoxy) is 1. The van der Waals surface area contributed by atoms with Crippen LogP contribution in [0.1, 0.15) is 19.4 Å². The fourth-order valence-electron chi connectivity index (χ4n) is 2.36. The van der Waals surface area contributed by atoms with E-state index in [1.165, 1.54) is 0 Å². The zero-order valence-electron chi connectivity index (χ0n) is 11.9. The topological polar surface area (TPSA) is 49.8 Å². The Balaban J connectivity index is 2.30. The predicted molar refractivity (Wildman–Crippen MR) is 82.3 cm³/mol. The summed E-state index contributed by atoms with van der Waals surface area (Å²) in [6.45, 7) is 6.67. The third kappa shape index (κ3) is 3.52. The number of morpholine rings is 1. The van der Waals surface area contributed by atoms with Gasteiger partial charge in [-0.05, 0) is 44.0 Å². The van der Waals surface area contributed by atoms with E-state index in [1.54, 1.807) is 13.8 Å². The van der Waals surface area contributed by atoms with E-state index in [4.69, 9.17) is 4.74 Å². The third-order valence-electron chi connectivity index (χ3n) is 3.60. The van der Waals surface area contributed by atoms with Crippen LogP contribution in [0, 0.1) is 5.41 Å². The number of aliphatic carboxylic acids is 1. The molecule has 110 valence electrons. The van der Waals surface area contributed by atoms with Gasteiger partial charge in [-0.2, -0.15) is 0 Å². The van der Waals surface area contributed by atoms with Gasteiger partial charge in [-0.15, -0.1) is 0 Å². The molecule has 2 rings (SSSR count). The molecule has 1 aromatic carbocycles. The summed E-state index contributed by atoms with van der Waals surface area (Å²) in [5.41, 5.74) is 1.40. The first-order valence-electron chi connectivity index (χ1n) is 6.75. The Kier molecular flexibility index (Phi) is 4.70. The van der Waals surface area contributed by atoms with Crippen LogP contribution >= 0.6 is 15.9 Å². The largest absolute Gasteiger partial charge is 0.481 e. The fourth-order valence-corrected chi connectivity index (χ4v) is 2.77. The molecule has 1 aromatic rings. The first-order valence-corrected chi connectivity index (χ1v) is 7.54. The monoisotopic (exact) mass is 341 g/mol. The van der Waals surface area contributed by atoms with Crippen molar-refractivity contribution in [3.8, 4) is 0 Å². The molecule has 0 spiro atoms. The van der Waals surface area contributed by atoms with Crippen LogP contribution in [0.25, 0.3) is 0 Å². The third-order valence-corrected chi connectivity index (χ3v) is 4.10. The maximum absolute atomic E-state index is 11.4. The van der Waals surface area contributed by atoms with Crippen molar-refractivity contribution in [2.24, 2.45) is 5.41 Å². The molecule has 1 aliphatic heterocycles. The molecule has 0 bridgehead atoms. The van der Waals surface area contributed by atoms with Gasteiger partial charge < -0.3 is 14.7 Å². The van der Waals surface area contributed by atoms with Crippen molar-refractivity contribution in [1.82, 2.24) is 0 Å². The van der Waals surface area contributed by atoms with Crippen molar-refractivity contribution in [3.05, 3.63) is 28.2 Å². The van der Waals surface area contributed by atoms with Crippen molar-refractivity contribution < 1.29 is 14.6 Å². The van der Waals surface area contributed by atoms with Crippen LogP contribution < -0.4 is 4.90 Å². The van der Waals surface area contributed by atoms with Gasteiger partial charge in [0.25, 0.3) is 0 Å². The molecule has 0 atom stereocenters. The fraction of sp³-hybridized carbons (Fsp3) is 0.533. The van der Waals surface area contributed by atoms with E-state index in [2.05, 4.69) is 26.9 Å².